The van der Waals surface area contributed by atoms with E-state index in [1.54, 1.807) is 31.2 Å². The van der Waals surface area contributed by atoms with E-state index in [-0.39, 0.29) is 6.61 Å². The molecule has 0 saturated heterocycles. The van der Waals surface area contributed by atoms with E-state index < -0.39 is 18.2 Å². The van der Waals surface area contributed by atoms with Crippen molar-refractivity contribution in [2.45, 2.75) is 33.0 Å². The topological polar surface area (TPSA) is 76.0 Å². The lowest BCUT2D eigenvalue weighted by atomic mass is 10.0. The van der Waals surface area contributed by atoms with Crippen LogP contribution in [0.1, 0.15) is 32.4 Å². The van der Waals surface area contributed by atoms with Gasteiger partial charge in [0.25, 0.3) is 0 Å². The molecule has 0 radical (unpaired) electrons. The van der Waals surface area contributed by atoms with Crippen LogP contribution in [0.25, 0.3) is 0 Å². The van der Waals surface area contributed by atoms with Crippen molar-refractivity contribution < 1.29 is 24.5 Å². The second-order valence-electron chi connectivity index (χ2n) is 4.92. The van der Waals surface area contributed by atoms with Gasteiger partial charge in [0.2, 0.25) is 0 Å². The lowest BCUT2D eigenvalue weighted by molar-refractivity contribution is -0.159. The zero-order chi connectivity index (χ0) is 15.1. The van der Waals surface area contributed by atoms with E-state index in [9.17, 15) is 15.0 Å². The Bertz CT molecular complexity index is 413. The van der Waals surface area contributed by atoms with Crippen LogP contribution in [0, 0.1) is 5.92 Å². The Kier molecular flexibility index (Phi) is 6.48. The number of carbonyl (C=O) groups excluding carboxylic acids is 1. The Labute approximate surface area is 119 Å². The molecule has 5 nitrogen and oxygen atoms in total. The van der Waals surface area contributed by atoms with E-state index in [0.29, 0.717) is 23.8 Å². The number of rotatable bonds is 7. The van der Waals surface area contributed by atoms with Crippen LogP contribution in [0.15, 0.2) is 24.3 Å². The number of hydrogen-bond donors (Lipinski definition) is 2. The molecule has 0 aromatic heterocycles. The van der Waals surface area contributed by atoms with E-state index >= 15 is 0 Å². The third kappa shape index (κ3) is 4.83. The van der Waals surface area contributed by atoms with E-state index in [1.807, 2.05) is 13.8 Å². The summed E-state index contributed by atoms with van der Waals surface area (Å²) in [6.07, 6.45) is -2.90. The molecule has 0 amide bonds. The Hall–Kier alpha value is -1.59. The first kappa shape index (κ1) is 16.5. The zero-order valence-corrected chi connectivity index (χ0v) is 12.1. The van der Waals surface area contributed by atoms with Gasteiger partial charge in [-0.1, -0.05) is 26.0 Å². The molecule has 1 rings (SSSR count). The molecule has 5 heteroatoms. The summed E-state index contributed by atoms with van der Waals surface area (Å²) in [5.74, 6) is 0.270. The molecule has 2 N–H and O–H groups in total. The van der Waals surface area contributed by atoms with Crippen molar-refractivity contribution in [3.8, 4) is 5.75 Å². The minimum Gasteiger partial charge on any atom is -0.493 e. The molecule has 0 bridgehead atoms. The monoisotopic (exact) mass is 282 g/mol. The molecule has 0 heterocycles. The van der Waals surface area contributed by atoms with Crippen molar-refractivity contribution in [3.05, 3.63) is 29.8 Å². The van der Waals surface area contributed by atoms with E-state index in [1.165, 1.54) is 0 Å². The third-order valence-corrected chi connectivity index (χ3v) is 2.63. The maximum absolute atomic E-state index is 11.3. The van der Waals surface area contributed by atoms with Crippen LogP contribution in [-0.4, -0.2) is 35.5 Å². The van der Waals surface area contributed by atoms with Crippen LogP contribution >= 0.6 is 0 Å². The summed E-state index contributed by atoms with van der Waals surface area (Å²) >= 11 is 0. The lowest BCUT2D eigenvalue weighted by Gasteiger charge is -2.17. The lowest BCUT2D eigenvalue weighted by Crippen LogP contribution is -2.29. The molecule has 2 atom stereocenters. The molecule has 0 aliphatic carbocycles. The van der Waals surface area contributed by atoms with Crippen LogP contribution < -0.4 is 4.74 Å². The highest BCUT2D eigenvalue weighted by Gasteiger charge is 2.26. The number of hydrogen-bond acceptors (Lipinski definition) is 5. The molecular weight excluding hydrogens is 260 g/mol. The van der Waals surface area contributed by atoms with E-state index in [2.05, 4.69) is 4.74 Å². The van der Waals surface area contributed by atoms with Gasteiger partial charge in [-0.3, -0.25) is 0 Å². The molecular formula is C15H22O5. The number of benzene rings is 1. The number of ether oxygens (including phenoxy) is 2. The van der Waals surface area contributed by atoms with Crippen molar-refractivity contribution in [2.75, 3.05) is 13.2 Å². The fourth-order valence-electron chi connectivity index (χ4n) is 1.56. The summed E-state index contributed by atoms with van der Waals surface area (Å²) in [7, 11) is 0. The molecule has 0 aliphatic heterocycles. The number of aliphatic hydroxyl groups is 2. The van der Waals surface area contributed by atoms with Gasteiger partial charge in [-0.15, -0.1) is 0 Å². The molecule has 1 aromatic rings. The predicted octanol–water partition coefficient (Wildman–Crippen LogP) is 1.68. The van der Waals surface area contributed by atoms with Crippen molar-refractivity contribution in [1.29, 1.82) is 0 Å². The van der Waals surface area contributed by atoms with Gasteiger partial charge >= 0.3 is 5.97 Å². The van der Waals surface area contributed by atoms with Crippen LogP contribution in [0.2, 0.25) is 0 Å². The first-order valence-corrected chi connectivity index (χ1v) is 6.71. The SMILES string of the molecule is CCOC(=O)C(O)C(O)c1ccc(OCC(C)C)cc1. The fourth-order valence-corrected chi connectivity index (χ4v) is 1.56. The first-order chi connectivity index (χ1) is 9.45. The molecule has 0 saturated carbocycles. The molecule has 0 spiro atoms. The van der Waals surface area contributed by atoms with Crippen LogP contribution in [0.3, 0.4) is 0 Å². The van der Waals surface area contributed by atoms with Crippen LogP contribution in [-0.2, 0) is 9.53 Å². The summed E-state index contributed by atoms with van der Waals surface area (Å²) in [4.78, 5) is 11.3. The maximum atomic E-state index is 11.3. The highest BCUT2D eigenvalue weighted by molar-refractivity contribution is 5.75. The predicted molar refractivity (Wildman–Crippen MR) is 74.4 cm³/mol. The van der Waals surface area contributed by atoms with Gasteiger partial charge in [-0.05, 0) is 30.5 Å². The Morgan fingerprint density at radius 1 is 1.20 bits per heavy atom. The summed E-state index contributed by atoms with van der Waals surface area (Å²) in [5.41, 5.74) is 0.433. The van der Waals surface area contributed by atoms with Gasteiger partial charge in [-0.2, -0.15) is 0 Å². The van der Waals surface area contributed by atoms with E-state index in [0.717, 1.165) is 0 Å². The number of aliphatic hydroxyl groups excluding tert-OH is 2. The fraction of sp³-hybridized carbons (Fsp3) is 0.533. The van der Waals surface area contributed by atoms with Gasteiger partial charge in [-0.25, -0.2) is 4.79 Å². The quantitative estimate of drug-likeness (QED) is 0.744. The molecule has 20 heavy (non-hydrogen) atoms. The Morgan fingerprint density at radius 2 is 1.80 bits per heavy atom. The van der Waals surface area contributed by atoms with Crippen LogP contribution in [0.5, 0.6) is 5.75 Å². The Balaban J connectivity index is 2.65. The Morgan fingerprint density at radius 3 is 2.30 bits per heavy atom. The van der Waals surface area contributed by atoms with Crippen molar-refractivity contribution in [3.63, 3.8) is 0 Å². The highest BCUT2D eigenvalue weighted by Crippen LogP contribution is 2.21. The summed E-state index contributed by atoms with van der Waals surface area (Å²) in [6.45, 7) is 6.50. The summed E-state index contributed by atoms with van der Waals surface area (Å²) in [6, 6.07) is 6.61. The first-order valence-electron chi connectivity index (χ1n) is 6.71. The maximum Gasteiger partial charge on any atom is 0.338 e. The van der Waals surface area contributed by atoms with Gasteiger partial charge < -0.3 is 19.7 Å². The summed E-state index contributed by atoms with van der Waals surface area (Å²) < 4.78 is 10.2. The molecule has 0 fully saturated rings. The number of carbonyl (C=O) groups is 1. The molecule has 1 aromatic carbocycles. The van der Waals surface area contributed by atoms with Gasteiger partial charge in [0.15, 0.2) is 6.10 Å². The minimum atomic E-state index is -1.59. The normalized spacial score (nSPS) is 13.9. The van der Waals surface area contributed by atoms with Crippen molar-refractivity contribution >= 4 is 5.97 Å². The van der Waals surface area contributed by atoms with Gasteiger partial charge in [0.05, 0.1) is 13.2 Å². The second-order valence-corrected chi connectivity index (χ2v) is 4.92. The third-order valence-electron chi connectivity index (χ3n) is 2.63. The summed E-state index contributed by atoms with van der Waals surface area (Å²) in [5, 5.41) is 19.6. The second kappa shape index (κ2) is 7.87. The number of esters is 1. The largest absolute Gasteiger partial charge is 0.493 e. The van der Waals surface area contributed by atoms with Crippen molar-refractivity contribution in [2.24, 2.45) is 5.92 Å². The average Bonchev–Trinajstić information content (AvgIpc) is 2.44. The average molecular weight is 282 g/mol. The standard InChI is InChI=1S/C15H22O5/c1-4-19-15(18)14(17)13(16)11-5-7-12(8-6-11)20-9-10(2)3/h5-8,10,13-14,16-17H,4,9H2,1-3H3. The van der Waals surface area contributed by atoms with Crippen LogP contribution in [0.4, 0.5) is 0 Å². The minimum absolute atomic E-state index is 0.157. The smallest absolute Gasteiger partial charge is 0.338 e. The molecule has 0 aliphatic rings. The highest BCUT2D eigenvalue weighted by atomic mass is 16.5. The molecule has 2 unspecified atom stereocenters. The van der Waals surface area contributed by atoms with Crippen molar-refractivity contribution in [1.82, 2.24) is 0 Å². The van der Waals surface area contributed by atoms with E-state index in [4.69, 9.17) is 4.74 Å². The van der Waals surface area contributed by atoms with Gasteiger partial charge in [0, 0.05) is 0 Å². The zero-order valence-electron chi connectivity index (χ0n) is 12.1. The van der Waals surface area contributed by atoms with Gasteiger partial charge in [0.1, 0.15) is 11.9 Å². The molecule has 112 valence electrons.